The molecule has 0 aliphatic heterocycles. The zero-order chi connectivity index (χ0) is 13.0. The van der Waals surface area contributed by atoms with E-state index < -0.39 is 0 Å². The lowest BCUT2D eigenvalue weighted by molar-refractivity contribution is -0.121. The van der Waals surface area contributed by atoms with E-state index in [4.69, 9.17) is 0 Å². The molecule has 4 nitrogen and oxygen atoms in total. The summed E-state index contributed by atoms with van der Waals surface area (Å²) in [6, 6.07) is 7.93. The highest BCUT2D eigenvalue weighted by Gasteiger charge is 2.05. The largest absolute Gasteiger partial charge is 1.00 e. The van der Waals surface area contributed by atoms with Crippen LogP contribution < -0.4 is 17.7 Å². The van der Waals surface area contributed by atoms with Crippen molar-refractivity contribution in [1.82, 2.24) is 15.3 Å². The fourth-order valence-corrected chi connectivity index (χ4v) is 1.89. The molecular formula is C14H19ClN3O-. The summed E-state index contributed by atoms with van der Waals surface area (Å²) in [5, 5.41) is 2.91. The second-order valence-electron chi connectivity index (χ2n) is 4.90. The third kappa shape index (κ3) is 4.56. The molecule has 2 N–H and O–H groups in total. The monoisotopic (exact) mass is 280 g/mol. The first-order chi connectivity index (χ1) is 8.65. The van der Waals surface area contributed by atoms with Gasteiger partial charge in [0.1, 0.15) is 5.82 Å². The molecule has 0 saturated heterocycles. The fraction of sp³-hybridized carbons (Fsp3) is 0.429. The first-order valence-corrected chi connectivity index (χ1v) is 6.35. The number of carbonyl (C=O) groups excluding carboxylic acids is 1. The molecule has 2 rings (SSSR count). The molecule has 1 aromatic heterocycles. The summed E-state index contributed by atoms with van der Waals surface area (Å²) in [4.78, 5) is 19.2. The van der Waals surface area contributed by atoms with Gasteiger partial charge >= 0.3 is 0 Å². The number of para-hydroxylation sites is 2. The van der Waals surface area contributed by atoms with Gasteiger partial charge in [0.25, 0.3) is 0 Å². The van der Waals surface area contributed by atoms with Gasteiger partial charge in [-0.1, -0.05) is 26.0 Å². The number of nitrogens with zero attached hydrogens (tertiary/aromatic N) is 1. The van der Waals surface area contributed by atoms with Crippen molar-refractivity contribution in [2.75, 3.05) is 6.54 Å². The van der Waals surface area contributed by atoms with Gasteiger partial charge in [-0.05, 0) is 18.1 Å². The number of imidazole rings is 1. The Morgan fingerprint density at radius 1 is 1.37 bits per heavy atom. The number of hydrogen-bond acceptors (Lipinski definition) is 2. The number of halogens is 1. The molecule has 1 aromatic carbocycles. The van der Waals surface area contributed by atoms with Gasteiger partial charge in [-0.2, -0.15) is 0 Å². The zero-order valence-electron chi connectivity index (χ0n) is 11.2. The van der Waals surface area contributed by atoms with Crippen LogP contribution in [0.2, 0.25) is 0 Å². The first kappa shape index (κ1) is 15.5. The Labute approximate surface area is 119 Å². The third-order valence-corrected chi connectivity index (χ3v) is 2.72. The number of carbonyl (C=O) groups is 1. The van der Waals surface area contributed by atoms with Gasteiger partial charge in [-0.15, -0.1) is 0 Å². The van der Waals surface area contributed by atoms with E-state index in [0.717, 1.165) is 23.3 Å². The molecule has 0 spiro atoms. The van der Waals surface area contributed by atoms with Crippen LogP contribution in [-0.2, 0) is 11.2 Å². The maximum Gasteiger partial charge on any atom is 0.220 e. The highest BCUT2D eigenvalue weighted by atomic mass is 35.5. The highest BCUT2D eigenvalue weighted by Crippen LogP contribution is 2.10. The topological polar surface area (TPSA) is 57.8 Å². The molecule has 0 fully saturated rings. The number of aromatic nitrogens is 2. The van der Waals surface area contributed by atoms with Crippen LogP contribution in [0.3, 0.4) is 0 Å². The first-order valence-electron chi connectivity index (χ1n) is 6.35. The number of nitrogens with one attached hydrogen (secondary N) is 2. The molecule has 0 atom stereocenters. The summed E-state index contributed by atoms with van der Waals surface area (Å²) in [7, 11) is 0. The summed E-state index contributed by atoms with van der Waals surface area (Å²) in [5.74, 6) is 1.43. The Hall–Kier alpha value is -1.55. The molecule has 104 valence electrons. The normalized spacial score (nSPS) is 10.5. The summed E-state index contributed by atoms with van der Waals surface area (Å²) < 4.78 is 0. The van der Waals surface area contributed by atoms with Gasteiger partial charge in [0.05, 0.1) is 11.0 Å². The van der Waals surface area contributed by atoms with E-state index in [2.05, 4.69) is 15.3 Å². The molecule has 5 heteroatoms. The average Bonchev–Trinajstić information content (AvgIpc) is 2.70. The SMILES string of the molecule is CC(C)CC(=O)NCCc1nc2ccccc2[nH]1.[Cl-]. The number of H-pyrrole nitrogens is 1. The average molecular weight is 281 g/mol. The van der Waals surface area contributed by atoms with Gasteiger partial charge < -0.3 is 22.7 Å². The van der Waals surface area contributed by atoms with Crippen LogP contribution in [0, 0.1) is 5.92 Å². The number of benzene rings is 1. The molecule has 0 unspecified atom stereocenters. The Morgan fingerprint density at radius 2 is 2.11 bits per heavy atom. The van der Waals surface area contributed by atoms with Crippen LogP contribution >= 0.6 is 0 Å². The molecule has 0 aliphatic carbocycles. The van der Waals surface area contributed by atoms with E-state index in [-0.39, 0.29) is 18.3 Å². The quantitative estimate of drug-likeness (QED) is 0.759. The van der Waals surface area contributed by atoms with E-state index >= 15 is 0 Å². The molecule has 0 saturated carbocycles. The number of amides is 1. The van der Waals surface area contributed by atoms with Crippen molar-refractivity contribution in [2.45, 2.75) is 26.7 Å². The zero-order valence-corrected chi connectivity index (χ0v) is 12.0. The van der Waals surface area contributed by atoms with Gasteiger partial charge in [-0.3, -0.25) is 4.79 Å². The summed E-state index contributed by atoms with van der Waals surface area (Å²) >= 11 is 0. The fourth-order valence-electron chi connectivity index (χ4n) is 1.89. The Kier molecular flexibility index (Phi) is 5.83. The molecule has 2 aromatic rings. The van der Waals surface area contributed by atoms with Crippen LogP contribution in [0.25, 0.3) is 11.0 Å². The predicted octanol–water partition coefficient (Wildman–Crippen LogP) is -0.728. The molecular weight excluding hydrogens is 262 g/mol. The predicted molar refractivity (Wildman–Crippen MR) is 72.3 cm³/mol. The Bertz CT molecular complexity index is 503. The van der Waals surface area contributed by atoms with Crippen molar-refractivity contribution >= 4 is 16.9 Å². The second-order valence-corrected chi connectivity index (χ2v) is 4.90. The summed E-state index contributed by atoms with van der Waals surface area (Å²) in [6.45, 7) is 4.71. The van der Waals surface area contributed by atoms with Gasteiger partial charge in [-0.25, -0.2) is 4.98 Å². The summed E-state index contributed by atoms with van der Waals surface area (Å²) in [6.07, 6.45) is 1.32. The molecule has 1 heterocycles. The van der Waals surface area contributed by atoms with Crippen molar-refractivity contribution in [3.8, 4) is 0 Å². The minimum Gasteiger partial charge on any atom is -1.00 e. The van der Waals surface area contributed by atoms with E-state index in [1.54, 1.807) is 0 Å². The standard InChI is InChI=1S/C14H19N3O.ClH/c1-10(2)9-14(18)15-8-7-13-16-11-5-3-4-6-12(11)17-13;/h3-6,10H,7-9H2,1-2H3,(H,15,18)(H,16,17);1H/p-1. The lowest BCUT2D eigenvalue weighted by Gasteiger charge is -2.05. The van der Waals surface area contributed by atoms with Crippen molar-refractivity contribution in [3.05, 3.63) is 30.1 Å². The van der Waals surface area contributed by atoms with Crippen molar-refractivity contribution < 1.29 is 17.2 Å². The van der Waals surface area contributed by atoms with Crippen LogP contribution in [0.4, 0.5) is 0 Å². The van der Waals surface area contributed by atoms with E-state index in [1.807, 2.05) is 38.1 Å². The number of aromatic amines is 1. The van der Waals surface area contributed by atoms with Gasteiger partial charge in [0.2, 0.25) is 5.91 Å². The maximum atomic E-state index is 11.5. The second kappa shape index (κ2) is 7.14. The molecule has 0 bridgehead atoms. The third-order valence-electron chi connectivity index (χ3n) is 2.72. The van der Waals surface area contributed by atoms with E-state index in [9.17, 15) is 4.79 Å². The minimum absolute atomic E-state index is 0. The van der Waals surface area contributed by atoms with Crippen LogP contribution in [0.1, 0.15) is 26.1 Å². The number of fused-ring (bicyclic) bond motifs is 1. The minimum atomic E-state index is 0. The maximum absolute atomic E-state index is 11.5. The summed E-state index contributed by atoms with van der Waals surface area (Å²) in [5.41, 5.74) is 2.02. The Balaban J connectivity index is 0.00000180. The molecule has 0 aliphatic rings. The number of rotatable bonds is 5. The van der Waals surface area contributed by atoms with Gasteiger partial charge in [0, 0.05) is 19.4 Å². The highest BCUT2D eigenvalue weighted by molar-refractivity contribution is 5.76. The van der Waals surface area contributed by atoms with Crippen LogP contribution in [0.5, 0.6) is 0 Å². The smallest absolute Gasteiger partial charge is 0.220 e. The van der Waals surface area contributed by atoms with Crippen LogP contribution in [0.15, 0.2) is 24.3 Å². The van der Waals surface area contributed by atoms with Crippen LogP contribution in [-0.4, -0.2) is 22.4 Å². The molecule has 19 heavy (non-hydrogen) atoms. The van der Waals surface area contributed by atoms with Crippen molar-refractivity contribution in [2.24, 2.45) is 5.92 Å². The molecule has 0 radical (unpaired) electrons. The van der Waals surface area contributed by atoms with E-state index in [1.165, 1.54) is 0 Å². The van der Waals surface area contributed by atoms with Crippen molar-refractivity contribution in [3.63, 3.8) is 0 Å². The van der Waals surface area contributed by atoms with Gasteiger partial charge in [0.15, 0.2) is 0 Å². The lowest BCUT2D eigenvalue weighted by atomic mass is 10.1. The van der Waals surface area contributed by atoms with E-state index in [0.29, 0.717) is 18.9 Å². The molecule has 1 amide bonds. The Morgan fingerprint density at radius 3 is 2.79 bits per heavy atom. The van der Waals surface area contributed by atoms with Crippen molar-refractivity contribution in [1.29, 1.82) is 0 Å². The number of hydrogen-bond donors (Lipinski definition) is 2. The lowest BCUT2D eigenvalue weighted by Crippen LogP contribution is -3.00.